The molecule has 0 fully saturated rings. The van der Waals surface area contributed by atoms with Crippen molar-refractivity contribution in [2.75, 3.05) is 19.4 Å². The lowest BCUT2D eigenvalue weighted by Gasteiger charge is -2.10. The summed E-state index contributed by atoms with van der Waals surface area (Å²) in [4.78, 5) is 10.0. The number of benzene rings is 2. The average molecular weight is 480 g/mol. The number of aliphatic hydroxyl groups is 1. The third-order valence-electron chi connectivity index (χ3n) is 5.26. The van der Waals surface area contributed by atoms with Crippen LogP contribution < -0.4 is 11.1 Å². The van der Waals surface area contributed by atoms with E-state index in [1.165, 1.54) is 6.07 Å². The Kier molecular flexibility index (Phi) is 7.56. The molecule has 0 bridgehead atoms. The predicted octanol–water partition coefficient (Wildman–Crippen LogP) is 4.77. The molecule has 1 atom stereocenters. The second-order valence-corrected chi connectivity index (χ2v) is 9.39. The van der Waals surface area contributed by atoms with Crippen LogP contribution in [0.2, 0.25) is 0 Å². The largest absolute Gasteiger partial charge is 0.396 e. The summed E-state index contributed by atoms with van der Waals surface area (Å²) in [5.74, 6) is 0.124. The van der Waals surface area contributed by atoms with E-state index in [9.17, 15) is 4.39 Å². The van der Waals surface area contributed by atoms with Gasteiger partial charge in [-0.15, -0.1) is 11.8 Å². The molecule has 176 valence electrons. The quantitative estimate of drug-likeness (QED) is 0.295. The number of hydrogen-bond donors (Lipinski definition) is 3. The van der Waals surface area contributed by atoms with Crippen molar-refractivity contribution in [3.8, 4) is 34.0 Å². The van der Waals surface area contributed by atoms with Gasteiger partial charge in [-0.05, 0) is 43.3 Å². The maximum absolute atomic E-state index is 14.6. The minimum atomic E-state index is -0.383. The van der Waals surface area contributed by atoms with Crippen molar-refractivity contribution in [3.63, 3.8) is 0 Å². The van der Waals surface area contributed by atoms with E-state index in [1.807, 2.05) is 37.4 Å². The first-order valence-electron chi connectivity index (χ1n) is 10.9. The number of nitrogens with two attached hydrogens (primary N) is 1. The number of hydrogen-bond acceptors (Lipinski definition) is 8. The highest BCUT2D eigenvalue weighted by Crippen LogP contribution is 2.32. The van der Waals surface area contributed by atoms with Gasteiger partial charge in [0, 0.05) is 40.5 Å². The molecular weight excluding hydrogens is 453 g/mol. The first-order chi connectivity index (χ1) is 16.5. The third kappa shape index (κ3) is 5.44. The molecule has 0 amide bonds. The molecule has 9 heteroatoms. The highest BCUT2D eigenvalue weighted by Gasteiger charge is 2.17. The number of thioether (sulfide) groups is 1. The Labute approximate surface area is 201 Å². The SMILES string of the molecule is CNCc1ccc(-c2cc(-c3nc(-c4ccc(SC(C)CCO)cc4)cnc3N)on2)c(F)c1. The fourth-order valence-corrected chi connectivity index (χ4v) is 4.47. The molecule has 2 aromatic heterocycles. The first kappa shape index (κ1) is 23.9. The van der Waals surface area contributed by atoms with Gasteiger partial charge >= 0.3 is 0 Å². The fourth-order valence-electron chi connectivity index (χ4n) is 3.49. The van der Waals surface area contributed by atoms with E-state index >= 15 is 0 Å². The Hall–Kier alpha value is -3.27. The Bertz CT molecular complexity index is 1260. The Morgan fingerprint density at radius 1 is 1.15 bits per heavy atom. The van der Waals surface area contributed by atoms with Crippen molar-refractivity contribution in [3.05, 3.63) is 66.1 Å². The highest BCUT2D eigenvalue weighted by atomic mass is 32.2. The summed E-state index contributed by atoms with van der Waals surface area (Å²) in [6.45, 7) is 2.83. The predicted molar refractivity (Wildman–Crippen MR) is 133 cm³/mol. The van der Waals surface area contributed by atoms with E-state index in [0.29, 0.717) is 40.2 Å². The van der Waals surface area contributed by atoms with Crippen molar-refractivity contribution in [1.82, 2.24) is 20.4 Å². The topological polar surface area (TPSA) is 110 Å². The molecular formula is C25H26FN5O2S. The summed E-state index contributed by atoms with van der Waals surface area (Å²) in [7, 11) is 1.81. The normalized spacial score (nSPS) is 12.1. The molecule has 4 aromatic rings. The Morgan fingerprint density at radius 3 is 2.65 bits per heavy atom. The lowest BCUT2D eigenvalue weighted by Crippen LogP contribution is -2.05. The Morgan fingerprint density at radius 2 is 1.94 bits per heavy atom. The summed E-state index contributed by atoms with van der Waals surface area (Å²) in [6, 6.07) is 14.6. The lowest BCUT2D eigenvalue weighted by molar-refractivity contribution is 0.289. The number of halogens is 1. The zero-order valence-corrected chi connectivity index (χ0v) is 19.8. The zero-order chi connectivity index (χ0) is 24.1. The second kappa shape index (κ2) is 10.8. The van der Waals surface area contributed by atoms with E-state index in [2.05, 4.69) is 27.4 Å². The molecule has 0 aliphatic heterocycles. The van der Waals surface area contributed by atoms with Crippen LogP contribution in [0.4, 0.5) is 10.2 Å². The number of anilines is 1. The van der Waals surface area contributed by atoms with Gasteiger partial charge in [0.2, 0.25) is 0 Å². The van der Waals surface area contributed by atoms with Gasteiger partial charge in [0.15, 0.2) is 17.3 Å². The van der Waals surface area contributed by atoms with Crippen LogP contribution in [-0.4, -0.2) is 39.1 Å². The number of nitrogen functional groups attached to an aromatic ring is 1. The third-order valence-corrected chi connectivity index (χ3v) is 6.44. The monoisotopic (exact) mass is 479 g/mol. The van der Waals surface area contributed by atoms with E-state index < -0.39 is 0 Å². The van der Waals surface area contributed by atoms with Crippen molar-refractivity contribution in [2.24, 2.45) is 0 Å². The maximum atomic E-state index is 14.6. The number of aliphatic hydroxyl groups excluding tert-OH is 1. The van der Waals surface area contributed by atoms with Crippen molar-refractivity contribution in [2.45, 2.75) is 30.0 Å². The van der Waals surface area contributed by atoms with Gasteiger partial charge in [-0.1, -0.05) is 30.3 Å². The van der Waals surface area contributed by atoms with Crippen molar-refractivity contribution < 1.29 is 14.0 Å². The molecule has 7 nitrogen and oxygen atoms in total. The molecule has 0 aliphatic carbocycles. The van der Waals surface area contributed by atoms with Gasteiger partial charge in [-0.2, -0.15) is 0 Å². The van der Waals surface area contributed by atoms with Crippen LogP contribution in [0.25, 0.3) is 34.0 Å². The molecule has 0 aliphatic rings. The average Bonchev–Trinajstić information content (AvgIpc) is 3.30. The Balaban J connectivity index is 1.58. The molecule has 0 saturated heterocycles. The molecule has 2 heterocycles. The van der Waals surface area contributed by atoms with Gasteiger partial charge in [-0.3, -0.25) is 0 Å². The molecule has 0 saturated carbocycles. The highest BCUT2D eigenvalue weighted by molar-refractivity contribution is 7.99. The number of nitrogens with zero attached hydrogens (tertiary/aromatic N) is 3. The molecule has 4 N–H and O–H groups in total. The molecule has 2 aromatic carbocycles. The van der Waals surface area contributed by atoms with E-state index in [1.54, 1.807) is 30.1 Å². The summed E-state index contributed by atoms with van der Waals surface area (Å²) in [5, 5.41) is 16.4. The van der Waals surface area contributed by atoms with Gasteiger partial charge in [-0.25, -0.2) is 14.4 Å². The van der Waals surface area contributed by atoms with Gasteiger partial charge < -0.3 is 20.7 Å². The van der Waals surface area contributed by atoms with Crippen LogP contribution >= 0.6 is 11.8 Å². The summed E-state index contributed by atoms with van der Waals surface area (Å²) in [5.41, 5.74) is 9.45. The minimum absolute atomic E-state index is 0.174. The minimum Gasteiger partial charge on any atom is -0.396 e. The van der Waals surface area contributed by atoms with Crippen LogP contribution in [-0.2, 0) is 6.54 Å². The first-order valence-corrected chi connectivity index (χ1v) is 11.8. The maximum Gasteiger partial charge on any atom is 0.189 e. The van der Waals surface area contributed by atoms with Crippen molar-refractivity contribution in [1.29, 1.82) is 0 Å². The van der Waals surface area contributed by atoms with E-state index in [0.717, 1.165) is 22.4 Å². The fraction of sp³-hybridized carbons (Fsp3) is 0.240. The van der Waals surface area contributed by atoms with E-state index in [-0.39, 0.29) is 18.2 Å². The van der Waals surface area contributed by atoms with E-state index in [4.69, 9.17) is 15.4 Å². The number of nitrogens with one attached hydrogen (secondary N) is 1. The lowest BCUT2D eigenvalue weighted by atomic mass is 10.1. The zero-order valence-electron chi connectivity index (χ0n) is 19.0. The number of aromatic nitrogens is 3. The standard InChI is InChI=1S/C25H26FN5O2S/c1-15(9-10-32)34-18-6-4-17(5-7-18)22-14-29-25(27)24(30-22)23-12-21(31-33-23)19-8-3-16(13-28-2)11-20(19)26/h3-8,11-12,14-15,28,32H,9-10,13H2,1-2H3,(H2,27,29). The molecule has 4 rings (SSSR count). The van der Waals surface area contributed by atoms with Gasteiger partial charge in [0.25, 0.3) is 0 Å². The van der Waals surface area contributed by atoms with Crippen molar-refractivity contribution >= 4 is 17.6 Å². The van der Waals surface area contributed by atoms with Crippen LogP contribution in [0, 0.1) is 5.82 Å². The summed E-state index contributed by atoms with van der Waals surface area (Å²) >= 11 is 1.71. The molecule has 0 spiro atoms. The van der Waals surface area contributed by atoms with Gasteiger partial charge in [0.1, 0.15) is 11.5 Å². The molecule has 34 heavy (non-hydrogen) atoms. The molecule has 0 radical (unpaired) electrons. The number of rotatable bonds is 9. The van der Waals surface area contributed by atoms with Crippen LogP contribution in [0.15, 0.2) is 64.1 Å². The smallest absolute Gasteiger partial charge is 0.189 e. The summed E-state index contributed by atoms with van der Waals surface area (Å²) in [6.07, 6.45) is 2.34. The molecule has 1 unspecified atom stereocenters. The van der Waals surface area contributed by atoms with Gasteiger partial charge in [0.05, 0.1) is 11.9 Å². The second-order valence-electron chi connectivity index (χ2n) is 7.88. The van der Waals surface area contributed by atoms with Crippen LogP contribution in [0.1, 0.15) is 18.9 Å². The van der Waals surface area contributed by atoms with Crippen LogP contribution in [0.3, 0.4) is 0 Å². The van der Waals surface area contributed by atoms with Crippen LogP contribution in [0.5, 0.6) is 0 Å². The summed E-state index contributed by atoms with van der Waals surface area (Å²) < 4.78 is 20.1.